The summed E-state index contributed by atoms with van der Waals surface area (Å²) < 4.78 is 0. The smallest absolute Gasteiger partial charge is 0.315 e. The van der Waals surface area contributed by atoms with Crippen LogP contribution < -0.4 is 10.6 Å². The summed E-state index contributed by atoms with van der Waals surface area (Å²) in [5.74, 6) is 0.569. The van der Waals surface area contributed by atoms with E-state index in [0.29, 0.717) is 12.5 Å². The van der Waals surface area contributed by atoms with Crippen LogP contribution >= 0.6 is 11.3 Å². The number of likely N-dealkylation sites (N-methyl/N-ethyl adjacent to an activating group) is 1. The van der Waals surface area contributed by atoms with Gasteiger partial charge in [0.15, 0.2) is 0 Å². The third-order valence-corrected chi connectivity index (χ3v) is 5.25. The van der Waals surface area contributed by atoms with Gasteiger partial charge in [-0.25, -0.2) is 4.79 Å². The van der Waals surface area contributed by atoms with Crippen molar-refractivity contribution in [3.05, 3.63) is 58.3 Å². The molecule has 2 aromatic rings. The first-order valence-corrected chi connectivity index (χ1v) is 9.37. The van der Waals surface area contributed by atoms with Gasteiger partial charge in [-0.1, -0.05) is 30.3 Å². The molecule has 1 aromatic carbocycles. The first kappa shape index (κ1) is 17.0. The number of nitrogens with zero attached hydrogens (tertiary/aromatic N) is 1. The van der Waals surface area contributed by atoms with Crippen molar-refractivity contribution in [2.75, 3.05) is 20.6 Å². The van der Waals surface area contributed by atoms with Crippen molar-refractivity contribution >= 4 is 17.4 Å². The van der Waals surface area contributed by atoms with Crippen LogP contribution in [-0.4, -0.2) is 31.6 Å². The third-order valence-electron chi connectivity index (χ3n) is 4.55. The van der Waals surface area contributed by atoms with Crippen LogP contribution in [0.5, 0.6) is 0 Å². The third kappa shape index (κ3) is 4.36. The Hall–Kier alpha value is -1.85. The lowest BCUT2D eigenvalue weighted by molar-refractivity contribution is 0.228. The minimum absolute atomic E-state index is 0.0853. The molecule has 3 rings (SSSR count). The van der Waals surface area contributed by atoms with E-state index in [1.807, 2.05) is 32.3 Å². The lowest BCUT2D eigenvalue weighted by Crippen LogP contribution is -2.42. The van der Waals surface area contributed by atoms with E-state index in [2.05, 4.69) is 44.5 Å². The maximum Gasteiger partial charge on any atom is 0.315 e. The summed E-state index contributed by atoms with van der Waals surface area (Å²) in [6.45, 7) is 0.599. The first-order valence-electron chi connectivity index (χ1n) is 8.43. The highest BCUT2D eigenvalue weighted by Gasteiger charge is 2.33. The quantitative estimate of drug-likeness (QED) is 0.803. The van der Waals surface area contributed by atoms with E-state index in [4.69, 9.17) is 0 Å². The molecule has 1 aliphatic rings. The molecule has 0 aliphatic heterocycles. The zero-order valence-electron chi connectivity index (χ0n) is 14.2. The molecule has 128 valence electrons. The number of benzene rings is 1. The number of nitrogens with one attached hydrogen (secondary N) is 2. The van der Waals surface area contributed by atoms with Crippen LogP contribution in [0.1, 0.15) is 36.1 Å². The first-order chi connectivity index (χ1) is 11.6. The second kappa shape index (κ2) is 7.81. The Kier molecular flexibility index (Phi) is 5.53. The summed E-state index contributed by atoms with van der Waals surface area (Å²) in [5, 5.41) is 10.4. The van der Waals surface area contributed by atoms with Crippen LogP contribution in [0.2, 0.25) is 0 Å². The number of hydrogen-bond acceptors (Lipinski definition) is 3. The maximum atomic E-state index is 12.4. The maximum absolute atomic E-state index is 12.4. The Morgan fingerprint density at radius 1 is 1.21 bits per heavy atom. The van der Waals surface area contributed by atoms with Gasteiger partial charge in [0, 0.05) is 6.54 Å². The molecule has 2 N–H and O–H groups in total. The molecule has 1 fully saturated rings. The zero-order chi connectivity index (χ0) is 16.9. The number of thiophene rings is 1. The minimum atomic E-state index is -0.0853. The predicted molar refractivity (Wildman–Crippen MR) is 99.2 cm³/mol. The summed E-state index contributed by atoms with van der Waals surface area (Å²) in [4.78, 5) is 14.6. The number of carbonyl (C=O) groups is 1. The normalized spacial score (nSPS) is 16.6. The molecule has 0 spiro atoms. The van der Waals surface area contributed by atoms with Gasteiger partial charge < -0.3 is 15.5 Å². The predicted octanol–water partition coefficient (Wildman–Crippen LogP) is 3.80. The Morgan fingerprint density at radius 3 is 2.54 bits per heavy atom. The van der Waals surface area contributed by atoms with Gasteiger partial charge in [-0.3, -0.25) is 0 Å². The monoisotopic (exact) mass is 343 g/mol. The van der Waals surface area contributed by atoms with Gasteiger partial charge in [-0.2, -0.15) is 11.3 Å². The van der Waals surface area contributed by atoms with Crippen LogP contribution in [0.3, 0.4) is 0 Å². The van der Waals surface area contributed by atoms with Gasteiger partial charge in [0.2, 0.25) is 0 Å². The Balaban J connectivity index is 1.58. The molecule has 4 nitrogen and oxygen atoms in total. The molecule has 1 aromatic heterocycles. The van der Waals surface area contributed by atoms with Crippen molar-refractivity contribution in [1.29, 1.82) is 0 Å². The number of rotatable bonds is 7. The summed E-state index contributed by atoms with van der Waals surface area (Å²) in [7, 11) is 4.08. The molecule has 0 saturated heterocycles. The molecule has 2 atom stereocenters. The SMILES string of the molecule is CN(C)[C@@H](CNC(=O)N[C@H](c1ccccc1)C1CC1)c1ccsc1. The van der Waals surface area contributed by atoms with Crippen molar-refractivity contribution < 1.29 is 4.79 Å². The molecule has 0 unspecified atom stereocenters. The molecule has 0 radical (unpaired) electrons. The molecule has 1 heterocycles. The molecule has 24 heavy (non-hydrogen) atoms. The van der Waals surface area contributed by atoms with Gasteiger partial charge in [0.05, 0.1) is 12.1 Å². The second-order valence-corrected chi connectivity index (χ2v) is 7.40. The second-order valence-electron chi connectivity index (χ2n) is 6.62. The molecule has 0 bridgehead atoms. The fraction of sp³-hybridized carbons (Fsp3) is 0.421. The lowest BCUT2D eigenvalue weighted by atomic mass is 10.0. The van der Waals surface area contributed by atoms with Crippen molar-refractivity contribution in [1.82, 2.24) is 15.5 Å². The van der Waals surface area contributed by atoms with Gasteiger partial charge in [-0.15, -0.1) is 0 Å². The lowest BCUT2D eigenvalue weighted by Gasteiger charge is -2.25. The van der Waals surface area contributed by atoms with Gasteiger partial charge in [0.1, 0.15) is 0 Å². The number of urea groups is 1. The Labute approximate surface area is 147 Å². The summed E-state index contributed by atoms with van der Waals surface area (Å²) in [6, 6.07) is 12.6. The van der Waals surface area contributed by atoms with Crippen molar-refractivity contribution in [3.8, 4) is 0 Å². The molecule has 2 amide bonds. The van der Waals surface area contributed by atoms with Crippen molar-refractivity contribution in [2.45, 2.75) is 24.9 Å². The standard InChI is InChI=1S/C19H25N3OS/c1-22(2)17(16-10-11-24-13-16)12-20-19(23)21-18(15-8-9-15)14-6-4-3-5-7-14/h3-7,10-11,13,15,17-18H,8-9,12H2,1-2H3,(H2,20,21,23)/t17-,18+/m0/s1. The van der Waals surface area contributed by atoms with Crippen molar-refractivity contribution in [3.63, 3.8) is 0 Å². The zero-order valence-corrected chi connectivity index (χ0v) is 15.1. The topological polar surface area (TPSA) is 44.4 Å². The highest BCUT2D eigenvalue weighted by Crippen LogP contribution is 2.40. The summed E-state index contributed by atoms with van der Waals surface area (Å²) >= 11 is 1.68. The summed E-state index contributed by atoms with van der Waals surface area (Å²) in [5.41, 5.74) is 2.43. The van der Waals surface area contributed by atoms with E-state index in [-0.39, 0.29) is 18.1 Å². The van der Waals surface area contributed by atoms with Crippen LogP contribution in [0.15, 0.2) is 47.2 Å². The number of hydrogen-bond donors (Lipinski definition) is 2. The Bertz CT molecular complexity index is 638. The fourth-order valence-corrected chi connectivity index (χ4v) is 3.72. The summed E-state index contributed by atoms with van der Waals surface area (Å²) in [6.07, 6.45) is 2.38. The number of amides is 2. The van der Waals surface area contributed by atoms with E-state index in [1.54, 1.807) is 11.3 Å². The van der Waals surface area contributed by atoms with Crippen LogP contribution in [0.4, 0.5) is 4.79 Å². The largest absolute Gasteiger partial charge is 0.336 e. The van der Waals surface area contributed by atoms with Crippen LogP contribution in [0.25, 0.3) is 0 Å². The minimum Gasteiger partial charge on any atom is -0.336 e. The average Bonchev–Trinajstić information content (AvgIpc) is 3.28. The molecular formula is C19H25N3OS. The van der Waals surface area contributed by atoms with E-state index in [0.717, 1.165) is 0 Å². The molecule has 1 aliphatic carbocycles. The number of carbonyl (C=O) groups excluding carboxylic acids is 1. The average molecular weight is 343 g/mol. The highest BCUT2D eigenvalue weighted by atomic mass is 32.1. The van der Waals surface area contributed by atoms with Gasteiger partial charge in [-0.05, 0) is 60.8 Å². The van der Waals surface area contributed by atoms with Gasteiger partial charge >= 0.3 is 6.03 Å². The highest BCUT2D eigenvalue weighted by molar-refractivity contribution is 7.07. The van der Waals surface area contributed by atoms with E-state index in [1.165, 1.54) is 24.0 Å². The Morgan fingerprint density at radius 2 is 1.96 bits per heavy atom. The molecular weight excluding hydrogens is 318 g/mol. The van der Waals surface area contributed by atoms with Crippen LogP contribution in [0, 0.1) is 5.92 Å². The molecule has 5 heteroatoms. The van der Waals surface area contributed by atoms with E-state index >= 15 is 0 Å². The van der Waals surface area contributed by atoms with Crippen molar-refractivity contribution in [2.24, 2.45) is 5.92 Å². The molecule has 1 saturated carbocycles. The van der Waals surface area contributed by atoms with E-state index in [9.17, 15) is 4.79 Å². The van der Waals surface area contributed by atoms with Gasteiger partial charge in [0.25, 0.3) is 0 Å². The fourth-order valence-electron chi connectivity index (χ4n) is 3.01. The van der Waals surface area contributed by atoms with E-state index < -0.39 is 0 Å². The van der Waals surface area contributed by atoms with Crippen LogP contribution in [-0.2, 0) is 0 Å².